The van der Waals surface area contributed by atoms with Gasteiger partial charge < -0.3 is 4.42 Å². The zero-order valence-electron chi connectivity index (χ0n) is 14.4. The maximum atomic E-state index is 11.8. The molecule has 0 spiro atoms. The average Bonchev–Trinajstić information content (AvgIpc) is 3.35. The number of benzene rings is 1. The fourth-order valence-electron chi connectivity index (χ4n) is 3.39. The first-order chi connectivity index (χ1) is 12.6. The quantitative estimate of drug-likeness (QED) is 0.666. The molecule has 3 heterocycles. The Kier molecular flexibility index (Phi) is 4.63. The molecule has 0 unspecified atom stereocenters. The van der Waals surface area contributed by atoms with Crippen LogP contribution in [0.4, 0.5) is 0 Å². The molecule has 6 nitrogen and oxygen atoms in total. The van der Waals surface area contributed by atoms with E-state index < -0.39 is 9.84 Å². The van der Waals surface area contributed by atoms with Crippen LogP contribution in [-0.2, 0) is 29.2 Å². The topological polar surface area (TPSA) is 78.0 Å². The van der Waals surface area contributed by atoms with Crippen molar-refractivity contribution < 1.29 is 12.8 Å². The van der Waals surface area contributed by atoms with Gasteiger partial charge in [-0.3, -0.25) is 0 Å². The summed E-state index contributed by atoms with van der Waals surface area (Å²) in [6, 6.07) is 13.9. The van der Waals surface area contributed by atoms with Crippen molar-refractivity contribution in [2.24, 2.45) is 5.92 Å². The molecule has 3 aromatic rings. The lowest BCUT2D eigenvalue weighted by Gasteiger charge is -2.09. The summed E-state index contributed by atoms with van der Waals surface area (Å²) in [6.45, 7) is 0.701. The third-order valence-electron chi connectivity index (χ3n) is 4.74. The molecule has 1 aliphatic heterocycles. The van der Waals surface area contributed by atoms with Crippen molar-refractivity contribution in [3.05, 3.63) is 60.1 Å². The maximum absolute atomic E-state index is 11.8. The lowest BCUT2D eigenvalue weighted by Crippen LogP contribution is -2.14. The minimum absolute atomic E-state index is 0.115. The van der Waals surface area contributed by atoms with Crippen molar-refractivity contribution in [2.75, 3.05) is 11.5 Å². The highest BCUT2D eigenvalue weighted by Crippen LogP contribution is 2.24. The standard InChI is InChI=1S/C19H21N3O3S/c23-26(24)12-9-16(14-26)13-18-20-19(17-7-4-11-25-17)21-22(18)10-8-15-5-2-1-3-6-15/h1-7,11,16H,8-10,12-14H2/t16-/m1/s1. The lowest BCUT2D eigenvalue weighted by molar-refractivity contribution is 0.515. The van der Waals surface area contributed by atoms with Gasteiger partial charge in [0.15, 0.2) is 15.6 Å². The first kappa shape index (κ1) is 17.0. The first-order valence-electron chi connectivity index (χ1n) is 8.81. The average molecular weight is 371 g/mol. The van der Waals surface area contributed by atoms with Gasteiger partial charge in [-0.25, -0.2) is 18.1 Å². The van der Waals surface area contributed by atoms with Crippen LogP contribution in [0.2, 0.25) is 0 Å². The summed E-state index contributed by atoms with van der Waals surface area (Å²) in [6.07, 6.45) is 3.77. The van der Waals surface area contributed by atoms with Crippen molar-refractivity contribution in [1.29, 1.82) is 0 Å². The Labute approximate surface area is 152 Å². The van der Waals surface area contributed by atoms with Crippen LogP contribution >= 0.6 is 0 Å². The summed E-state index contributed by atoms with van der Waals surface area (Å²) in [5, 5.41) is 4.61. The smallest absolute Gasteiger partial charge is 0.217 e. The van der Waals surface area contributed by atoms with Gasteiger partial charge in [0.1, 0.15) is 5.82 Å². The van der Waals surface area contributed by atoms with Crippen molar-refractivity contribution in [2.45, 2.75) is 25.8 Å². The first-order valence-corrected chi connectivity index (χ1v) is 10.6. The fraction of sp³-hybridized carbons (Fsp3) is 0.368. The van der Waals surface area contributed by atoms with E-state index in [0.29, 0.717) is 31.0 Å². The summed E-state index contributed by atoms with van der Waals surface area (Å²) in [5.41, 5.74) is 1.23. The molecule has 2 aromatic heterocycles. The van der Waals surface area contributed by atoms with Crippen LogP contribution in [0, 0.1) is 5.92 Å². The second-order valence-electron chi connectivity index (χ2n) is 6.76. The molecule has 0 radical (unpaired) electrons. The maximum Gasteiger partial charge on any atom is 0.217 e. The molecule has 1 aromatic carbocycles. The van der Waals surface area contributed by atoms with Gasteiger partial charge in [-0.15, -0.1) is 5.10 Å². The largest absolute Gasteiger partial charge is 0.461 e. The third kappa shape index (κ3) is 3.88. The van der Waals surface area contributed by atoms with E-state index in [1.807, 2.05) is 35.0 Å². The SMILES string of the molecule is O=S1(=O)CC[C@H](Cc2nc(-c3ccco3)nn2CCc2ccccc2)C1. The highest BCUT2D eigenvalue weighted by molar-refractivity contribution is 7.91. The van der Waals surface area contributed by atoms with E-state index in [1.54, 1.807) is 6.26 Å². The number of hydrogen-bond acceptors (Lipinski definition) is 5. The Morgan fingerprint density at radius 3 is 2.69 bits per heavy atom. The Morgan fingerprint density at radius 1 is 1.15 bits per heavy atom. The minimum atomic E-state index is -2.90. The van der Waals surface area contributed by atoms with Crippen LogP contribution < -0.4 is 0 Å². The minimum Gasteiger partial charge on any atom is -0.461 e. The molecule has 7 heteroatoms. The summed E-state index contributed by atoms with van der Waals surface area (Å²) in [4.78, 5) is 4.64. The zero-order chi connectivity index (χ0) is 18.0. The predicted molar refractivity (Wildman–Crippen MR) is 98.3 cm³/mol. The van der Waals surface area contributed by atoms with Gasteiger partial charge in [-0.05, 0) is 36.5 Å². The number of sulfone groups is 1. The van der Waals surface area contributed by atoms with Gasteiger partial charge in [0.2, 0.25) is 5.82 Å². The summed E-state index contributed by atoms with van der Waals surface area (Å²) in [5.74, 6) is 2.65. The Hall–Kier alpha value is -2.41. The van der Waals surface area contributed by atoms with Crippen LogP contribution in [0.3, 0.4) is 0 Å². The monoisotopic (exact) mass is 371 g/mol. The van der Waals surface area contributed by atoms with Gasteiger partial charge in [0, 0.05) is 13.0 Å². The molecule has 4 rings (SSSR count). The molecule has 1 aliphatic rings. The molecule has 1 saturated heterocycles. The molecular weight excluding hydrogens is 350 g/mol. The molecule has 26 heavy (non-hydrogen) atoms. The van der Waals surface area contributed by atoms with Crippen LogP contribution in [0.15, 0.2) is 53.1 Å². The molecule has 0 N–H and O–H groups in total. The van der Waals surface area contributed by atoms with E-state index in [4.69, 9.17) is 4.42 Å². The van der Waals surface area contributed by atoms with Crippen molar-refractivity contribution >= 4 is 9.84 Å². The number of aromatic nitrogens is 3. The predicted octanol–water partition coefficient (Wildman–Crippen LogP) is 2.76. The lowest BCUT2D eigenvalue weighted by atomic mass is 10.0. The molecule has 1 fully saturated rings. The van der Waals surface area contributed by atoms with E-state index in [-0.39, 0.29) is 17.4 Å². The molecule has 0 amide bonds. The molecule has 1 atom stereocenters. The van der Waals surface area contributed by atoms with Gasteiger partial charge in [-0.2, -0.15) is 0 Å². The van der Waals surface area contributed by atoms with Gasteiger partial charge in [0.05, 0.1) is 17.8 Å². The fourth-order valence-corrected chi connectivity index (χ4v) is 5.25. The molecule has 0 saturated carbocycles. The Morgan fingerprint density at radius 2 is 2.00 bits per heavy atom. The van der Waals surface area contributed by atoms with Gasteiger partial charge in [-0.1, -0.05) is 30.3 Å². The summed E-state index contributed by atoms with van der Waals surface area (Å²) < 4.78 is 30.8. The normalized spacial score (nSPS) is 19.0. The van der Waals surface area contributed by atoms with E-state index in [2.05, 4.69) is 22.2 Å². The molecular formula is C19H21N3O3S. The summed E-state index contributed by atoms with van der Waals surface area (Å²) in [7, 11) is -2.90. The van der Waals surface area contributed by atoms with Crippen LogP contribution in [0.5, 0.6) is 0 Å². The summed E-state index contributed by atoms with van der Waals surface area (Å²) >= 11 is 0. The van der Waals surface area contributed by atoms with Crippen molar-refractivity contribution in [3.8, 4) is 11.6 Å². The van der Waals surface area contributed by atoms with E-state index in [0.717, 1.165) is 12.2 Å². The van der Waals surface area contributed by atoms with Crippen LogP contribution in [0.1, 0.15) is 17.8 Å². The van der Waals surface area contributed by atoms with E-state index >= 15 is 0 Å². The van der Waals surface area contributed by atoms with Crippen LogP contribution in [-0.4, -0.2) is 34.7 Å². The Balaban J connectivity index is 1.56. The van der Waals surface area contributed by atoms with Crippen molar-refractivity contribution in [3.63, 3.8) is 0 Å². The van der Waals surface area contributed by atoms with E-state index in [9.17, 15) is 8.42 Å². The second-order valence-corrected chi connectivity index (χ2v) is 8.99. The molecule has 0 aliphatic carbocycles. The van der Waals surface area contributed by atoms with Gasteiger partial charge >= 0.3 is 0 Å². The molecule has 0 bridgehead atoms. The number of nitrogens with zero attached hydrogens (tertiary/aromatic N) is 3. The highest BCUT2D eigenvalue weighted by Gasteiger charge is 2.29. The number of hydrogen-bond donors (Lipinski definition) is 0. The zero-order valence-corrected chi connectivity index (χ0v) is 15.2. The third-order valence-corrected chi connectivity index (χ3v) is 6.58. The molecule has 136 valence electrons. The number of furan rings is 1. The number of aryl methyl sites for hydroxylation is 2. The van der Waals surface area contributed by atoms with E-state index in [1.165, 1.54) is 5.56 Å². The van der Waals surface area contributed by atoms with Crippen molar-refractivity contribution in [1.82, 2.24) is 14.8 Å². The second kappa shape index (κ2) is 7.07. The number of rotatable bonds is 6. The highest BCUT2D eigenvalue weighted by atomic mass is 32.2. The Bertz CT molecular complexity index is 963. The van der Waals surface area contributed by atoms with Gasteiger partial charge in [0.25, 0.3) is 0 Å². The van der Waals surface area contributed by atoms with Crippen LogP contribution in [0.25, 0.3) is 11.6 Å².